The predicted molar refractivity (Wildman–Crippen MR) is 118 cm³/mol. The number of nitrogens with zero attached hydrogens (tertiary/aromatic N) is 3. The summed E-state index contributed by atoms with van der Waals surface area (Å²) in [6.45, 7) is 0. The molecule has 0 radical (unpaired) electrons. The van der Waals surface area contributed by atoms with Gasteiger partial charge in [0.25, 0.3) is 0 Å². The summed E-state index contributed by atoms with van der Waals surface area (Å²) in [5.41, 5.74) is 6.08. The van der Waals surface area contributed by atoms with E-state index in [0.717, 1.165) is 55.1 Å². The number of aromatic amines is 1. The highest BCUT2D eigenvalue weighted by molar-refractivity contribution is 6.17. The zero-order valence-corrected chi connectivity index (χ0v) is 15.5. The van der Waals surface area contributed by atoms with E-state index >= 15 is 0 Å². The number of imidazole rings is 1. The summed E-state index contributed by atoms with van der Waals surface area (Å²) in [6, 6.07) is 25.2. The van der Waals surface area contributed by atoms with Crippen LogP contribution in [-0.2, 0) is 0 Å². The molecule has 6 aromatic rings. The molecule has 29 heavy (non-hydrogen) atoms. The van der Waals surface area contributed by atoms with Gasteiger partial charge in [-0.1, -0.05) is 54.6 Å². The van der Waals surface area contributed by atoms with Crippen LogP contribution in [0.5, 0.6) is 0 Å². The number of fused-ring (bicyclic) bond motifs is 5. The molecule has 0 unspecified atom stereocenters. The Bertz CT molecular complexity index is 1500. The number of nitrogens with one attached hydrogen (secondary N) is 1. The van der Waals surface area contributed by atoms with Crippen molar-refractivity contribution < 1.29 is 0 Å². The van der Waals surface area contributed by atoms with Crippen LogP contribution >= 0.6 is 0 Å². The first-order valence-corrected chi connectivity index (χ1v) is 9.53. The van der Waals surface area contributed by atoms with Crippen molar-refractivity contribution in [1.29, 1.82) is 0 Å². The summed E-state index contributed by atoms with van der Waals surface area (Å²) >= 11 is 0. The third-order valence-corrected chi connectivity index (χ3v) is 5.38. The Morgan fingerprint density at radius 3 is 2.34 bits per heavy atom. The maximum atomic E-state index is 5.08. The minimum absolute atomic E-state index is 0.944. The van der Waals surface area contributed by atoms with Crippen LogP contribution in [0.1, 0.15) is 0 Å². The maximum absolute atomic E-state index is 5.08. The lowest BCUT2D eigenvalue weighted by Crippen LogP contribution is -1.89. The molecule has 6 rings (SSSR count). The smallest absolute Gasteiger partial charge is 0.0924 e. The lowest BCUT2D eigenvalue weighted by molar-refractivity contribution is 1.31. The van der Waals surface area contributed by atoms with Crippen molar-refractivity contribution in [3.8, 4) is 22.5 Å². The molecular weight excluding hydrogens is 356 g/mol. The highest BCUT2D eigenvalue weighted by atomic mass is 14.9. The van der Waals surface area contributed by atoms with Gasteiger partial charge in [-0.15, -0.1) is 0 Å². The fourth-order valence-corrected chi connectivity index (χ4v) is 3.95. The number of pyridine rings is 2. The molecule has 3 aromatic carbocycles. The van der Waals surface area contributed by atoms with E-state index in [1.165, 1.54) is 0 Å². The van der Waals surface area contributed by atoms with Gasteiger partial charge in [-0.05, 0) is 23.6 Å². The Kier molecular flexibility index (Phi) is 3.43. The van der Waals surface area contributed by atoms with Crippen LogP contribution in [0.15, 0.2) is 91.5 Å². The highest BCUT2D eigenvalue weighted by Gasteiger charge is 2.10. The Hall–Kier alpha value is -4.05. The molecule has 0 aliphatic rings. The largest absolute Gasteiger partial charge is 0.345 e. The van der Waals surface area contributed by atoms with E-state index in [0.29, 0.717) is 0 Å². The fraction of sp³-hybridized carbons (Fsp3) is 0. The SMILES string of the molecule is c1cc(-c2ccc3ccc4ccc5cccnc5c4c3n2)cc(-c2cnc[nH]2)c1. The van der Waals surface area contributed by atoms with Crippen LogP contribution in [0.25, 0.3) is 55.1 Å². The molecule has 0 aliphatic heterocycles. The second kappa shape index (κ2) is 6.24. The van der Waals surface area contributed by atoms with E-state index in [-0.39, 0.29) is 0 Å². The number of hydrogen-bond donors (Lipinski definition) is 1. The molecule has 0 atom stereocenters. The third-order valence-electron chi connectivity index (χ3n) is 5.38. The van der Waals surface area contributed by atoms with Crippen molar-refractivity contribution in [3.63, 3.8) is 0 Å². The maximum Gasteiger partial charge on any atom is 0.0924 e. The predicted octanol–water partition coefficient (Wildman–Crippen LogP) is 5.99. The van der Waals surface area contributed by atoms with E-state index in [2.05, 4.69) is 81.7 Å². The molecular formula is C25H16N4. The van der Waals surface area contributed by atoms with Crippen LogP contribution in [0.4, 0.5) is 0 Å². The van der Waals surface area contributed by atoms with Gasteiger partial charge in [0.2, 0.25) is 0 Å². The zero-order valence-electron chi connectivity index (χ0n) is 15.5. The Labute approximate surface area is 166 Å². The van der Waals surface area contributed by atoms with Crippen LogP contribution in [0, 0.1) is 0 Å². The Balaban J connectivity index is 1.62. The number of H-pyrrole nitrogens is 1. The average Bonchev–Trinajstić information content (AvgIpc) is 3.33. The molecule has 3 aromatic heterocycles. The van der Waals surface area contributed by atoms with Crippen molar-refractivity contribution in [3.05, 3.63) is 91.5 Å². The van der Waals surface area contributed by atoms with Gasteiger partial charge in [-0.3, -0.25) is 4.98 Å². The normalized spacial score (nSPS) is 11.4. The molecule has 0 bridgehead atoms. The van der Waals surface area contributed by atoms with Crippen LogP contribution in [0.2, 0.25) is 0 Å². The first-order valence-electron chi connectivity index (χ1n) is 9.53. The summed E-state index contributed by atoms with van der Waals surface area (Å²) in [4.78, 5) is 17.0. The molecule has 0 fully saturated rings. The average molecular weight is 372 g/mol. The van der Waals surface area contributed by atoms with Gasteiger partial charge in [-0.25, -0.2) is 9.97 Å². The van der Waals surface area contributed by atoms with Crippen molar-refractivity contribution in [1.82, 2.24) is 19.9 Å². The molecule has 0 spiro atoms. The summed E-state index contributed by atoms with van der Waals surface area (Å²) in [5.74, 6) is 0. The molecule has 3 heterocycles. The van der Waals surface area contributed by atoms with Gasteiger partial charge in [-0.2, -0.15) is 0 Å². The van der Waals surface area contributed by atoms with Crippen LogP contribution in [-0.4, -0.2) is 19.9 Å². The van der Waals surface area contributed by atoms with E-state index in [1.54, 1.807) is 6.33 Å². The van der Waals surface area contributed by atoms with Gasteiger partial charge in [0.15, 0.2) is 0 Å². The minimum Gasteiger partial charge on any atom is -0.345 e. The fourth-order valence-electron chi connectivity index (χ4n) is 3.95. The number of aromatic nitrogens is 4. The van der Waals surface area contributed by atoms with E-state index in [9.17, 15) is 0 Å². The highest BCUT2D eigenvalue weighted by Crippen LogP contribution is 2.32. The summed E-state index contributed by atoms with van der Waals surface area (Å²) in [7, 11) is 0. The number of benzene rings is 3. The second-order valence-electron chi connectivity index (χ2n) is 7.12. The topological polar surface area (TPSA) is 54.5 Å². The minimum atomic E-state index is 0.944. The molecule has 136 valence electrons. The third kappa shape index (κ3) is 2.57. The molecule has 4 heteroatoms. The van der Waals surface area contributed by atoms with Crippen LogP contribution in [0.3, 0.4) is 0 Å². The molecule has 1 N–H and O–H groups in total. The lowest BCUT2D eigenvalue weighted by Gasteiger charge is -2.09. The molecule has 4 nitrogen and oxygen atoms in total. The Morgan fingerprint density at radius 1 is 0.690 bits per heavy atom. The first-order chi connectivity index (χ1) is 14.4. The van der Waals surface area contributed by atoms with Crippen LogP contribution < -0.4 is 0 Å². The summed E-state index contributed by atoms with van der Waals surface area (Å²) in [5, 5.41) is 4.50. The van der Waals surface area contributed by atoms with E-state index < -0.39 is 0 Å². The van der Waals surface area contributed by atoms with E-state index in [4.69, 9.17) is 4.98 Å². The van der Waals surface area contributed by atoms with Gasteiger partial charge in [0.1, 0.15) is 0 Å². The Morgan fingerprint density at radius 2 is 1.48 bits per heavy atom. The molecule has 0 saturated carbocycles. The summed E-state index contributed by atoms with van der Waals surface area (Å²) < 4.78 is 0. The van der Waals surface area contributed by atoms with Crippen molar-refractivity contribution in [2.45, 2.75) is 0 Å². The van der Waals surface area contributed by atoms with Gasteiger partial charge < -0.3 is 4.98 Å². The zero-order chi connectivity index (χ0) is 19.2. The monoisotopic (exact) mass is 372 g/mol. The van der Waals surface area contributed by atoms with Crippen molar-refractivity contribution in [2.75, 3.05) is 0 Å². The van der Waals surface area contributed by atoms with Gasteiger partial charge >= 0.3 is 0 Å². The second-order valence-corrected chi connectivity index (χ2v) is 7.12. The molecule has 0 aliphatic carbocycles. The quantitative estimate of drug-likeness (QED) is 0.380. The number of hydrogen-bond acceptors (Lipinski definition) is 3. The summed E-state index contributed by atoms with van der Waals surface area (Å²) in [6.07, 6.45) is 5.37. The first kappa shape index (κ1) is 16.0. The van der Waals surface area contributed by atoms with Crippen molar-refractivity contribution in [2.24, 2.45) is 0 Å². The van der Waals surface area contributed by atoms with Crippen molar-refractivity contribution >= 4 is 32.6 Å². The van der Waals surface area contributed by atoms with Gasteiger partial charge in [0, 0.05) is 33.5 Å². The van der Waals surface area contributed by atoms with Gasteiger partial charge in [0.05, 0.1) is 34.9 Å². The number of rotatable bonds is 2. The molecule has 0 saturated heterocycles. The molecule has 0 amide bonds. The lowest BCUT2D eigenvalue weighted by atomic mass is 10.0. The van der Waals surface area contributed by atoms with E-state index in [1.807, 2.05) is 18.5 Å². The standard InChI is InChI=1S/C25H16N4/c1-3-19(13-20(4-1)22-14-26-15-28-22)21-11-10-18-9-7-16-6-8-17-5-2-12-27-24(17)23(16)25(18)29-21/h1-15H,(H,26,28).